The van der Waals surface area contributed by atoms with Gasteiger partial charge in [0.05, 0.1) is 6.61 Å². The summed E-state index contributed by atoms with van der Waals surface area (Å²) in [6, 6.07) is 6.23. The molecule has 0 bridgehead atoms. The molecule has 0 fully saturated rings. The highest BCUT2D eigenvalue weighted by Crippen LogP contribution is 2.19. The molecule has 0 saturated carbocycles. The Bertz CT molecular complexity index is 334. The average molecular weight is 243 g/mol. The van der Waals surface area contributed by atoms with Gasteiger partial charge in [-0.25, -0.2) is 8.78 Å². The van der Waals surface area contributed by atoms with Crippen LogP contribution in [0.4, 0.5) is 8.78 Å². The molecule has 1 rings (SSSR count). The van der Waals surface area contributed by atoms with Crippen LogP contribution in [0.1, 0.15) is 37.8 Å². The molecule has 0 aliphatic carbocycles. The van der Waals surface area contributed by atoms with E-state index < -0.39 is 6.43 Å². The van der Waals surface area contributed by atoms with Gasteiger partial charge in [0.15, 0.2) is 0 Å². The third-order valence-electron chi connectivity index (χ3n) is 3.08. The molecule has 1 atom stereocenters. The van der Waals surface area contributed by atoms with E-state index in [1.807, 2.05) is 13.8 Å². The van der Waals surface area contributed by atoms with Crippen LogP contribution in [0.5, 0.6) is 0 Å². The van der Waals surface area contributed by atoms with Crippen LogP contribution in [0.2, 0.25) is 0 Å². The molecule has 96 valence electrons. The van der Waals surface area contributed by atoms with Crippen molar-refractivity contribution in [1.82, 2.24) is 5.32 Å². The highest BCUT2D eigenvalue weighted by Gasteiger charge is 2.19. The lowest BCUT2D eigenvalue weighted by Crippen LogP contribution is -2.44. The van der Waals surface area contributed by atoms with Gasteiger partial charge in [-0.3, -0.25) is 0 Å². The average Bonchev–Trinajstić information content (AvgIpc) is 2.36. The fraction of sp³-hybridized carbons (Fsp3) is 0.538. The predicted octanol–water partition coefficient (Wildman–Crippen LogP) is 2.87. The first-order chi connectivity index (χ1) is 8.00. The minimum absolute atomic E-state index is 0.0363. The van der Waals surface area contributed by atoms with Crippen LogP contribution in [0, 0.1) is 0 Å². The number of nitrogens with one attached hydrogen (secondary N) is 1. The zero-order valence-electron chi connectivity index (χ0n) is 10.2. The quantitative estimate of drug-likeness (QED) is 0.805. The van der Waals surface area contributed by atoms with Gasteiger partial charge in [-0.2, -0.15) is 0 Å². The second-order valence-corrected chi connectivity index (χ2v) is 4.47. The van der Waals surface area contributed by atoms with Gasteiger partial charge in [-0.05, 0) is 18.9 Å². The van der Waals surface area contributed by atoms with Gasteiger partial charge in [0.1, 0.15) is 0 Å². The molecule has 0 saturated heterocycles. The molecular formula is C13H19F2NO. The first kappa shape index (κ1) is 14.1. The Morgan fingerprint density at radius 1 is 1.29 bits per heavy atom. The molecule has 2 N–H and O–H groups in total. The summed E-state index contributed by atoms with van der Waals surface area (Å²) in [5, 5.41) is 12.4. The van der Waals surface area contributed by atoms with Crippen molar-refractivity contribution in [3.05, 3.63) is 35.4 Å². The van der Waals surface area contributed by atoms with E-state index in [1.54, 1.807) is 12.1 Å². The molecule has 17 heavy (non-hydrogen) atoms. The summed E-state index contributed by atoms with van der Waals surface area (Å²) in [6.45, 7) is 4.54. The third-order valence-corrected chi connectivity index (χ3v) is 3.08. The van der Waals surface area contributed by atoms with E-state index >= 15 is 0 Å². The smallest absolute Gasteiger partial charge is 0.263 e. The van der Waals surface area contributed by atoms with E-state index in [9.17, 15) is 13.9 Å². The molecule has 0 spiro atoms. The molecule has 0 aliphatic heterocycles. The van der Waals surface area contributed by atoms with Crippen molar-refractivity contribution in [2.45, 2.75) is 38.8 Å². The largest absolute Gasteiger partial charge is 0.394 e. The Hall–Kier alpha value is -1.00. The molecule has 2 nitrogen and oxygen atoms in total. The number of alkyl halides is 2. The summed E-state index contributed by atoms with van der Waals surface area (Å²) < 4.78 is 24.7. The van der Waals surface area contributed by atoms with Crippen molar-refractivity contribution in [3.8, 4) is 0 Å². The lowest BCUT2D eigenvalue weighted by molar-refractivity contribution is 0.151. The fourth-order valence-electron chi connectivity index (χ4n) is 1.39. The second kappa shape index (κ2) is 6.07. The Kier molecular flexibility index (Phi) is 5.02. The van der Waals surface area contributed by atoms with E-state index in [1.165, 1.54) is 12.1 Å². The Labute approximate surface area is 101 Å². The molecule has 0 aliphatic rings. The van der Waals surface area contributed by atoms with Crippen molar-refractivity contribution in [2.75, 3.05) is 6.61 Å². The van der Waals surface area contributed by atoms with Crippen molar-refractivity contribution in [2.24, 2.45) is 0 Å². The van der Waals surface area contributed by atoms with Crippen LogP contribution in [-0.2, 0) is 6.54 Å². The lowest BCUT2D eigenvalue weighted by atomic mass is 10.00. The third kappa shape index (κ3) is 4.06. The van der Waals surface area contributed by atoms with Crippen LogP contribution in [-0.4, -0.2) is 17.3 Å². The van der Waals surface area contributed by atoms with E-state index in [-0.39, 0.29) is 17.7 Å². The molecule has 0 aromatic heterocycles. The number of benzene rings is 1. The molecule has 0 heterocycles. The first-order valence-corrected chi connectivity index (χ1v) is 5.73. The van der Waals surface area contributed by atoms with Gasteiger partial charge in [0.25, 0.3) is 6.43 Å². The molecule has 0 amide bonds. The van der Waals surface area contributed by atoms with E-state index in [0.717, 1.165) is 12.0 Å². The summed E-state index contributed by atoms with van der Waals surface area (Å²) in [5.41, 5.74) is 0.651. The van der Waals surface area contributed by atoms with Gasteiger partial charge >= 0.3 is 0 Å². The first-order valence-electron chi connectivity index (χ1n) is 5.73. The summed E-state index contributed by atoms with van der Waals surface area (Å²) in [5.74, 6) is 0. The van der Waals surface area contributed by atoms with E-state index in [4.69, 9.17) is 0 Å². The van der Waals surface area contributed by atoms with E-state index in [2.05, 4.69) is 5.32 Å². The van der Waals surface area contributed by atoms with Crippen LogP contribution in [0.3, 0.4) is 0 Å². The minimum Gasteiger partial charge on any atom is -0.394 e. The highest BCUT2D eigenvalue weighted by atomic mass is 19.3. The standard InChI is InChI=1S/C13H19F2NO/c1-3-13(2,9-17)16-8-10-4-6-11(7-5-10)12(14)15/h4-7,12,16-17H,3,8-9H2,1-2H3. The Morgan fingerprint density at radius 2 is 1.88 bits per heavy atom. The molecule has 0 radical (unpaired) electrons. The molecule has 4 heteroatoms. The monoisotopic (exact) mass is 243 g/mol. The zero-order chi connectivity index (χ0) is 12.9. The van der Waals surface area contributed by atoms with Crippen molar-refractivity contribution < 1.29 is 13.9 Å². The highest BCUT2D eigenvalue weighted by molar-refractivity contribution is 5.23. The number of halogens is 2. The Balaban J connectivity index is 2.58. The second-order valence-electron chi connectivity index (χ2n) is 4.47. The summed E-state index contributed by atoms with van der Waals surface area (Å²) in [4.78, 5) is 0. The normalized spacial score (nSPS) is 14.9. The molecule has 1 aromatic rings. The molecule has 1 unspecified atom stereocenters. The maximum absolute atomic E-state index is 12.3. The van der Waals surface area contributed by atoms with Crippen LogP contribution < -0.4 is 5.32 Å². The molecule has 1 aromatic carbocycles. The minimum atomic E-state index is -2.42. The topological polar surface area (TPSA) is 32.3 Å². The van der Waals surface area contributed by atoms with Crippen molar-refractivity contribution in [3.63, 3.8) is 0 Å². The maximum Gasteiger partial charge on any atom is 0.263 e. The fourth-order valence-corrected chi connectivity index (χ4v) is 1.39. The summed E-state index contributed by atoms with van der Waals surface area (Å²) >= 11 is 0. The van der Waals surface area contributed by atoms with Crippen LogP contribution >= 0.6 is 0 Å². The number of hydrogen-bond donors (Lipinski definition) is 2. The van der Waals surface area contributed by atoms with Gasteiger partial charge < -0.3 is 10.4 Å². The maximum atomic E-state index is 12.3. The van der Waals surface area contributed by atoms with Crippen molar-refractivity contribution >= 4 is 0 Å². The number of aliphatic hydroxyl groups is 1. The summed E-state index contributed by atoms with van der Waals surface area (Å²) in [6.07, 6.45) is -1.62. The van der Waals surface area contributed by atoms with Crippen LogP contribution in [0.15, 0.2) is 24.3 Å². The number of rotatable bonds is 6. The summed E-state index contributed by atoms with van der Waals surface area (Å²) in [7, 11) is 0. The van der Waals surface area contributed by atoms with Gasteiger partial charge in [-0.1, -0.05) is 31.2 Å². The van der Waals surface area contributed by atoms with Gasteiger partial charge in [-0.15, -0.1) is 0 Å². The van der Waals surface area contributed by atoms with Crippen molar-refractivity contribution in [1.29, 1.82) is 0 Å². The number of aliphatic hydroxyl groups excluding tert-OH is 1. The van der Waals surface area contributed by atoms with Gasteiger partial charge in [0.2, 0.25) is 0 Å². The number of hydrogen-bond acceptors (Lipinski definition) is 2. The van der Waals surface area contributed by atoms with E-state index in [0.29, 0.717) is 6.54 Å². The SMILES string of the molecule is CCC(C)(CO)NCc1ccc(C(F)F)cc1. The lowest BCUT2D eigenvalue weighted by Gasteiger charge is -2.27. The zero-order valence-corrected chi connectivity index (χ0v) is 10.2. The molecular weight excluding hydrogens is 224 g/mol. The Morgan fingerprint density at radius 3 is 2.29 bits per heavy atom. The van der Waals surface area contributed by atoms with Gasteiger partial charge in [0, 0.05) is 17.6 Å². The van der Waals surface area contributed by atoms with Crippen LogP contribution in [0.25, 0.3) is 0 Å². The predicted molar refractivity (Wildman–Crippen MR) is 64.0 cm³/mol.